The average molecular weight is 253 g/mol. The van der Waals surface area contributed by atoms with Gasteiger partial charge in [-0.2, -0.15) is 0 Å². The largest absolute Gasteiger partial charge is 2.00 e. The molecule has 0 aliphatic heterocycles. The topological polar surface area (TPSA) is 376 Å². The zero-order valence-corrected chi connectivity index (χ0v) is 7.63. The number of rotatable bonds is 0. The Balaban J connectivity index is -0.000000000577. The van der Waals surface area contributed by atoms with Crippen LogP contribution in [0.4, 0.5) is 0 Å². The van der Waals surface area contributed by atoms with E-state index in [0.717, 1.165) is 0 Å². The van der Waals surface area contributed by atoms with Crippen LogP contribution >= 0.6 is 0 Å². The molecular formula is H25BBeO13. The van der Waals surface area contributed by atoms with E-state index < -0.39 is 7.32 Å². The molecule has 0 aromatic heterocycles. The second-order valence-corrected chi connectivity index (χ2v) is 0.346. The van der Waals surface area contributed by atoms with Crippen molar-refractivity contribution < 1.29 is 72.7 Å². The fourth-order valence-electron chi connectivity index (χ4n) is 0. The zero-order chi connectivity index (χ0) is 3.58. The van der Waals surface area contributed by atoms with E-state index in [1.165, 1.54) is 0 Å². The maximum absolute atomic E-state index is 7.17. The molecule has 0 radical (unpaired) electrons. The smallest absolute Gasteiger partial charge is 1.00 e. The van der Waals surface area contributed by atoms with Crippen LogP contribution in [0.2, 0.25) is 0 Å². The summed E-state index contributed by atoms with van der Waals surface area (Å²) in [7, 11) is -2.17. The van der Waals surface area contributed by atoms with Crippen molar-refractivity contribution in [2.24, 2.45) is 0 Å². The Kier molecular flexibility index (Phi) is 7540. The molecule has 108 valence electrons. The molecule has 0 amide bonds. The maximum Gasteiger partial charge on any atom is 2.00 e. The Bertz CT molecular complexity index is 24.1. The minimum absolute atomic E-state index is 0. The van der Waals surface area contributed by atoms with Crippen LogP contribution in [-0.4, -0.2) is 87.3 Å². The first-order valence-electron chi connectivity index (χ1n) is 0.775. The first-order chi connectivity index (χ1) is 1.73. The van der Waals surface area contributed by atoms with Crippen LogP contribution in [0, 0.1) is 0 Å². The number of hydrogen-bond donors (Lipinski definition) is 3. The Morgan fingerprint density at radius 1 is 0.467 bits per heavy atom. The predicted molar refractivity (Wildman–Crippen MR) is 56.5 cm³/mol. The van der Waals surface area contributed by atoms with Gasteiger partial charge in [-0.25, -0.2) is 0 Å². The van der Waals surface area contributed by atoms with E-state index in [2.05, 4.69) is 0 Å². The van der Waals surface area contributed by atoms with Gasteiger partial charge in [-0.05, 0) is 0 Å². The standard InChI is InChI=1S/BH3O3.Be.10H2O.2H/c2-1(3)4;;;;;;;;;;;;;/h2-4H;;10*1H2;;/q;+2;;;;;;;;;;;2*-1. The molecule has 0 aromatic carbocycles. The molecule has 0 unspecified atom stereocenters. The van der Waals surface area contributed by atoms with Crippen LogP contribution in [0.15, 0.2) is 0 Å². The van der Waals surface area contributed by atoms with Crippen molar-refractivity contribution in [3.8, 4) is 0 Å². The third kappa shape index (κ3) is 23000. The molecule has 0 aromatic rings. The van der Waals surface area contributed by atoms with Crippen LogP contribution in [0.1, 0.15) is 2.85 Å². The summed E-state index contributed by atoms with van der Waals surface area (Å²) in [5, 5.41) is 21.5. The molecule has 0 saturated heterocycles. The molecule has 0 spiro atoms. The number of hydrogen-bond acceptors (Lipinski definition) is 3. The molecule has 0 heterocycles. The van der Waals surface area contributed by atoms with E-state index in [4.69, 9.17) is 15.1 Å². The van der Waals surface area contributed by atoms with Gasteiger partial charge in [0, 0.05) is 0 Å². The van der Waals surface area contributed by atoms with Crippen molar-refractivity contribution in [2.45, 2.75) is 0 Å². The third-order valence-electron chi connectivity index (χ3n) is 0. The van der Waals surface area contributed by atoms with Crippen LogP contribution in [0.25, 0.3) is 0 Å². The minimum atomic E-state index is -2.17. The second kappa shape index (κ2) is 301. The van der Waals surface area contributed by atoms with Crippen LogP contribution in [0.5, 0.6) is 0 Å². The Hall–Kier alpha value is -0.286. The fourth-order valence-corrected chi connectivity index (χ4v) is 0. The molecule has 13 nitrogen and oxygen atoms in total. The van der Waals surface area contributed by atoms with Crippen molar-refractivity contribution in [1.82, 2.24) is 0 Å². The van der Waals surface area contributed by atoms with E-state index >= 15 is 0 Å². The quantitative estimate of drug-likeness (QED) is 0.353. The summed E-state index contributed by atoms with van der Waals surface area (Å²) in [6.45, 7) is 0. The van der Waals surface area contributed by atoms with Gasteiger partial charge < -0.3 is 72.7 Å². The Morgan fingerprint density at radius 2 is 0.467 bits per heavy atom. The third-order valence-corrected chi connectivity index (χ3v) is 0. The van der Waals surface area contributed by atoms with Gasteiger partial charge in [-0.15, -0.1) is 0 Å². The summed E-state index contributed by atoms with van der Waals surface area (Å²) in [5.41, 5.74) is 0. The summed E-state index contributed by atoms with van der Waals surface area (Å²) in [6, 6.07) is 0. The van der Waals surface area contributed by atoms with Gasteiger partial charge in [0.1, 0.15) is 0 Å². The van der Waals surface area contributed by atoms with E-state index in [1.54, 1.807) is 0 Å². The van der Waals surface area contributed by atoms with E-state index in [0.29, 0.717) is 0 Å². The summed E-state index contributed by atoms with van der Waals surface area (Å²) in [5.74, 6) is 0. The molecule has 0 aliphatic rings. The van der Waals surface area contributed by atoms with Gasteiger partial charge in [-0.3, -0.25) is 0 Å². The van der Waals surface area contributed by atoms with Crippen molar-refractivity contribution >= 4 is 17.4 Å². The van der Waals surface area contributed by atoms with Gasteiger partial charge in [-0.1, -0.05) is 0 Å². The van der Waals surface area contributed by atoms with Crippen molar-refractivity contribution in [3.05, 3.63) is 0 Å². The predicted octanol–water partition coefficient (Wildman–Crippen LogP) is -10.5. The summed E-state index contributed by atoms with van der Waals surface area (Å²) >= 11 is 0. The summed E-state index contributed by atoms with van der Waals surface area (Å²) < 4.78 is 0. The van der Waals surface area contributed by atoms with Crippen molar-refractivity contribution in [1.29, 1.82) is 0 Å². The zero-order valence-electron chi connectivity index (χ0n) is 9.63. The second-order valence-electron chi connectivity index (χ2n) is 0.346. The van der Waals surface area contributed by atoms with Gasteiger partial charge >= 0.3 is 17.4 Å². The van der Waals surface area contributed by atoms with Gasteiger partial charge in [0.25, 0.3) is 0 Å². The van der Waals surface area contributed by atoms with E-state index in [-0.39, 0.29) is 67.7 Å². The Morgan fingerprint density at radius 3 is 0.467 bits per heavy atom. The molecule has 0 aliphatic carbocycles. The first-order valence-corrected chi connectivity index (χ1v) is 0.775. The van der Waals surface area contributed by atoms with E-state index in [1.807, 2.05) is 0 Å². The molecule has 0 saturated carbocycles. The minimum Gasteiger partial charge on any atom is -1.00 e. The molecule has 23 N–H and O–H groups in total. The van der Waals surface area contributed by atoms with Crippen LogP contribution in [0.3, 0.4) is 0 Å². The summed E-state index contributed by atoms with van der Waals surface area (Å²) in [6.07, 6.45) is 0. The van der Waals surface area contributed by atoms with Gasteiger partial charge in [0.15, 0.2) is 0 Å². The molecule has 0 bridgehead atoms. The first kappa shape index (κ1) is 376. The van der Waals surface area contributed by atoms with Gasteiger partial charge in [0.05, 0.1) is 0 Å². The van der Waals surface area contributed by atoms with Gasteiger partial charge in [0.2, 0.25) is 0 Å². The van der Waals surface area contributed by atoms with Crippen LogP contribution in [-0.2, 0) is 0 Å². The molecule has 0 rings (SSSR count). The molecule has 0 fully saturated rings. The monoisotopic (exact) mass is 253 g/mol. The van der Waals surface area contributed by atoms with Crippen molar-refractivity contribution in [3.63, 3.8) is 0 Å². The normalized spacial score (nSPS) is 1.80. The molecule has 15 heavy (non-hydrogen) atoms. The van der Waals surface area contributed by atoms with E-state index in [9.17, 15) is 0 Å². The molecule has 15 heteroatoms. The average Bonchev–Trinajstić information content (AvgIpc) is 0.811. The SMILES string of the molecule is O.O.O.O.O.O.O.O.O.O.OB(O)O.[Be+2].[H-].[H-]. The molecular weight excluding hydrogens is 228 g/mol. The van der Waals surface area contributed by atoms with Crippen LogP contribution < -0.4 is 0 Å². The summed E-state index contributed by atoms with van der Waals surface area (Å²) in [4.78, 5) is 0. The molecule has 0 atom stereocenters. The Labute approximate surface area is 91.4 Å². The fraction of sp³-hybridized carbons (Fsp3) is 0. The maximum atomic E-state index is 7.17. The van der Waals surface area contributed by atoms with Crippen molar-refractivity contribution in [2.75, 3.05) is 0 Å².